The number of nitrogens with one attached hydrogen (secondary N) is 2. The molecule has 0 aromatic heterocycles. The molecule has 2 N–H and O–H groups in total. The van der Waals surface area contributed by atoms with Crippen molar-refractivity contribution in [2.75, 3.05) is 23.8 Å². The van der Waals surface area contributed by atoms with Gasteiger partial charge in [0.05, 0.1) is 11.8 Å². The fourth-order valence-corrected chi connectivity index (χ4v) is 2.02. The normalized spacial score (nSPS) is 13.8. The standard InChI is InChI=1S/C15H19N3O2/c1-15(2,6-3-7-16)10-17-11-4-5-13-12(8-11)18-14(19)9-20-13/h4-5,8,17H,3,6,9-10H2,1-2H3,(H,18,19). The van der Waals surface area contributed by atoms with Crippen LogP contribution in [0.3, 0.4) is 0 Å². The van der Waals surface area contributed by atoms with Crippen LogP contribution < -0.4 is 15.4 Å². The van der Waals surface area contributed by atoms with Crippen LogP contribution >= 0.6 is 0 Å². The molecule has 0 saturated carbocycles. The van der Waals surface area contributed by atoms with Gasteiger partial charge in [-0.1, -0.05) is 13.8 Å². The molecule has 1 aromatic carbocycles. The summed E-state index contributed by atoms with van der Waals surface area (Å²) in [6, 6.07) is 7.82. The van der Waals surface area contributed by atoms with Crippen LogP contribution in [0.1, 0.15) is 26.7 Å². The number of nitrogens with zero attached hydrogens (tertiary/aromatic N) is 1. The van der Waals surface area contributed by atoms with E-state index in [1.807, 2.05) is 18.2 Å². The molecule has 106 valence electrons. The Hall–Kier alpha value is -2.22. The van der Waals surface area contributed by atoms with Crippen molar-refractivity contribution < 1.29 is 9.53 Å². The van der Waals surface area contributed by atoms with E-state index in [1.54, 1.807) is 0 Å². The lowest BCUT2D eigenvalue weighted by Gasteiger charge is -2.25. The van der Waals surface area contributed by atoms with Gasteiger partial charge in [-0.15, -0.1) is 0 Å². The van der Waals surface area contributed by atoms with E-state index in [1.165, 1.54) is 0 Å². The molecule has 0 unspecified atom stereocenters. The summed E-state index contributed by atoms with van der Waals surface area (Å²) in [6.07, 6.45) is 1.41. The number of carbonyl (C=O) groups excluding carboxylic acids is 1. The molecule has 0 atom stereocenters. The topological polar surface area (TPSA) is 74.2 Å². The molecule has 20 heavy (non-hydrogen) atoms. The Balaban J connectivity index is 1.99. The third-order valence-corrected chi connectivity index (χ3v) is 3.30. The maximum absolute atomic E-state index is 11.3. The number of rotatable bonds is 5. The SMILES string of the molecule is CC(C)(CCC#N)CNc1ccc2c(c1)NC(=O)CO2. The van der Waals surface area contributed by atoms with Crippen LogP contribution in [0.15, 0.2) is 18.2 Å². The van der Waals surface area contributed by atoms with Crippen LogP contribution in [0.4, 0.5) is 11.4 Å². The van der Waals surface area contributed by atoms with E-state index in [0.29, 0.717) is 17.9 Å². The summed E-state index contributed by atoms with van der Waals surface area (Å²) in [5.74, 6) is 0.558. The smallest absolute Gasteiger partial charge is 0.262 e. The maximum atomic E-state index is 11.3. The number of nitriles is 1. The predicted octanol–water partition coefficient (Wildman–Crippen LogP) is 2.76. The van der Waals surface area contributed by atoms with Gasteiger partial charge in [-0.05, 0) is 30.0 Å². The number of hydrogen-bond acceptors (Lipinski definition) is 4. The summed E-state index contributed by atoms with van der Waals surface area (Å²) in [5.41, 5.74) is 1.67. The van der Waals surface area contributed by atoms with Gasteiger partial charge in [0.25, 0.3) is 5.91 Å². The molecule has 1 heterocycles. The average Bonchev–Trinajstić information content (AvgIpc) is 2.42. The fourth-order valence-electron chi connectivity index (χ4n) is 2.02. The Morgan fingerprint density at radius 2 is 2.30 bits per heavy atom. The second-order valence-electron chi connectivity index (χ2n) is 5.72. The van der Waals surface area contributed by atoms with E-state index >= 15 is 0 Å². The highest BCUT2D eigenvalue weighted by Crippen LogP contribution is 2.31. The summed E-state index contributed by atoms with van der Waals surface area (Å²) in [6.45, 7) is 5.09. The van der Waals surface area contributed by atoms with Crippen LogP contribution in [0.25, 0.3) is 0 Å². The number of fused-ring (bicyclic) bond motifs is 1. The highest BCUT2D eigenvalue weighted by Gasteiger charge is 2.19. The molecule has 1 amide bonds. The highest BCUT2D eigenvalue weighted by molar-refractivity contribution is 5.96. The largest absolute Gasteiger partial charge is 0.482 e. The van der Waals surface area contributed by atoms with Crippen LogP contribution in [0.2, 0.25) is 0 Å². The monoisotopic (exact) mass is 273 g/mol. The Morgan fingerprint density at radius 1 is 1.50 bits per heavy atom. The number of hydrogen-bond donors (Lipinski definition) is 2. The zero-order chi connectivity index (χ0) is 14.6. The van der Waals surface area contributed by atoms with Crippen molar-refractivity contribution in [3.63, 3.8) is 0 Å². The van der Waals surface area contributed by atoms with E-state index < -0.39 is 0 Å². The lowest BCUT2D eigenvalue weighted by Crippen LogP contribution is -2.26. The van der Waals surface area contributed by atoms with Crippen LogP contribution in [-0.2, 0) is 4.79 Å². The van der Waals surface area contributed by atoms with Crippen molar-refractivity contribution in [3.8, 4) is 11.8 Å². The van der Waals surface area contributed by atoms with E-state index in [0.717, 1.165) is 18.7 Å². The van der Waals surface area contributed by atoms with Crippen molar-refractivity contribution in [2.45, 2.75) is 26.7 Å². The molecule has 1 aliphatic heterocycles. The van der Waals surface area contributed by atoms with Gasteiger partial charge in [0.15, 0.2) is 6.61 Å². The Bertz CT molecular complexity index is 547. The molecular weight excluding hydrogens is 254 g/mol. The zero-order valence-electron chi connectivity index (χ0n) is 11.8. The minimum atomic E-state index is -0.135. The van der Waals surface area contributed by atoms with Crippen molar-refractivity contribution in [1.29, 1.82) is 5.26 Å². The first-order valence-electron chi connectivity index (χ1n) is 6.68. The molecule has 0 bridgehead atoms. The number of amides is 1. The van der Waals surface area contributed by atoms with Gasteiger partial charge in [0, 0.05) is 18.7 Å². The van der Waals surface area contributed by atoms with Gasteiger partial charge in [0.1, 0.15) is 5.75 Å². The van der Waals surface area contributed by atoms with Gasteiger partial charge in [-0.3, -0.25) is 4.79 Å². The molecule has 0 fully saturated rings. The first-order valence-corrected chi connectivity index (χ1v) is 6.68. The molecule has 1 aromatic rings. The molecule has 2 rings (SSSR count). The summed E-state index contributed by atoms with van der Waals surface area (Å²) in [5, 5.41) is 14.8. The second kappa shape index (κ2) is 5.83. The van der Waals surface area contributed by atoms with Gasteiger partial charge in [-0.2, -0.15) is 5.26 Å². The predicted molar refractivity (Wildman–Crippen MR) is 77.7 cm³/mol. The maximum Gasteiger partial charge on any atom is 0.262 e. The molecule has 0 radical (unpaired) electrons. The van der Waals surface area contributed by atoms with Crippen molar-refractivity contribution >= 4 is 17.3 Å². The van der Waals surface area contributed by atoms with Crippen molar-refractivity contribution in [2.24, 2.45) is 5.41 Å². The van der Waals surface area contributed by atoms with E-state index in [9.17, 15) is 4.79 Å². The summed E-state index contributed by atoms with van der Waals surface area (Å²) < 4.78 is 5.31. The Morgan fingerprint density at radius 3 is 3.05 bits per heavy atom. The minimum Gasteiger partial charge on any atom is -0.482 e. The lowest BCUT2D eigenvalue weighted by atomic mass is 9.88. The Labute approximate surface area is 118 Å². The zero-order valence-corrected chi connectivity index (χ0v) is 11.8. The number of benzene rings is 1. The molecular formula is C15H19N3O2. The molecule has 5 heteroatoms. The van der Waals surface area contributed by atoms with Crippen LogP contribution in [0, 0.1) is 16.7 Å². The number of anilines is 2. The van der Waals surface area contributed by atoms with Gasteiger partial charge in [-0.25, -0.2) is 0 Å². The lowest BCUT2D eigenvalue weighted by molar-refractivity contribution is -0.118. The molecule has 0 aliphatic carbocycles. The van der Waals surface area contributed by atoms with E-state index in [4.69, 9.17) is 10.00 Å². The molecule has 0 spiro atoms. The van der Waals surface area contributed by atoms with E-state index in [2.05, 4.69) is 30.6 Å². The Kier molecular flexibility index (Phi) is 4.14. The van der Waals surface area contributed by atoms with Crippen molar-refractivity contribution in [3.05, 3.63) is 18.2 Å². The summed E-state index contributed by atoms with van der Waals surface area (Å²) >= 11 is 0. The van der Waals surface area contributed by atoms with Gasteiger partial charge < -0.3 is 15.4 Å². The minimum absolute atomic E-state index is 0.0470. The second-order valence-corrected chi connectivity index (χ2v) is 5.72. The van der Waals surface area contributed by atoms with Gasteiger partial charge >= 0.3 is 0 Å². The molecule has 5 nitrogen and oxygen atoms in total. The van der Waals surface area contributed by atoms with Crippen LogP contribution in [-0.4, -0.2) is 19.1 Å². The first kappa shape index (κ1) is 14.2. The summed E-state index contributed by atoms with van der Waals surface area (Å²) in [7, 11) is 0. The van der Waals surface area contributed by atoms with Gasteiger partial charge in [0.2, 0.25) is 0 Å². The van der Waals surface area contributed by atoms with E-state index in [-0.39, 0.29) is 17.9 Å². The average molecular weight is 273 g/mol. The number of carbonyl (C=O) groups is 1. The fraction of sp³-hybridized carbons (Fsp3) is 0.467. The third-order valence-electron chi connectivity index (χ3n) is 3.30. The number of ether oxygens (including phenoxy) is 1. The van der Waals surface area contributed by atoms with Crippen molar-refractivity contribution in [1.82, 2.24) is 0 Å². The highest BCUT2D eigenvalue weighted by atomic mass is 16.5. The molecule has 0 saturated heterocycles. The van der Waals surface area contributed by atoms with Crippen LogP contribution in [0.5, 0.6) is 5.75 Å². The first-order chi connectivity index (χ1) is 9.50. The summed E-state index contributed by atoms with van der Waals surface area (Å²) in [4.78, 5) is 11.3. The molecule has 1 aliphatic rings. The quantitative estimate of drug-likeness (QED) is 0.865. The third kappa shape index (κ3) is 3.64.